The van der Waals surface area contributed by atoms with E-state index in [9.17, 15) is 0 Å². The first-order valence-electron chi connectivity index (χ1n) is 5.72. The van der Waals surface area contributed by atoms with Gasteiger partial charge in [-0.25, -0.2) is 0 Å². The van der Waals surface area contributed by atoms with Crippen LogP contribution in [-0.4, -0.2) is 22.1 Å². The van der Waals surface area contributed by atoms with Crippen LogP contribution in [0.5, 0.6) is 0 Å². The lowest BCUT2D eigenvalue weighted by Crippen LogP contribution is -2.05. The second-order valence-electron chi connectivity index (χ2n) is 4.07. The lowest BCUT2D eigenvalue weighted by atomic mass is 10.3. The highest BCUT2D eigenvalue weighted by molar-refractivity contribution is 7.98. The molecule has 0 spiro atoms. The van der Waals surface area contributed by atoms with Crippen molar-refractivity contribution in [3.63, 3.8) is 0 Å². The molecule has 1 aromatic rings. The van der Waals surface area contributed by atoms with Crippen LogP contribution in [0.3, 0.4) is 0 Å². The molecule has 1 aliphatic carbocycles. The third-order valence-electron chi connectivity index (χ3n) is 2.87. The third-order valence-corrected chi connectivity index (χ3v) is 3.90. The summed E-state index contributed by atoms with van der Waals surface area (Å²) in [5, 5.41) is 4.62. The Hall–Kier alpha value is -0.480. The van der Waals surface area contributed by atoms with E-state index in [1.807, 2.05) is 11.8 Å². The number of hydrogen-bond donors (Lipinski definition) is 1. The van der Waals surface area contributed by atoms with Crippen LogP contribution in [0.15, 0.2) is 12.3 Å². The molecule has 0 aliphatic heterocycles. The molecule has 1 aliphatic rings. The minimum atomic E-state index is 0.665. The molecule has 84 valence electrons. The van der Waals surface area contributed by atoms with Crippen LogP contribution in [-0.2, 0) is 5.75 Å². The summed E-state index contributed by atoms with van der Waals surface area (Å²) >= 11 is 1.86. The summed E-state index contributed by atoms with van der Waals surface area (Å²) in [5.41, 5.74) is 6.65. The number of nitrogens with zero attached hydrogens (tertiary/aromatic N) is 2. The minimum Gasteiger partial charge on any atom is -0.330 e. The monoisotopic (exact) mass is 225 g/mol. The van der Waals surface area contributed by atoms with Gasteiger partial charge in [0.05, 0.1) is 11.7 Å². The van der Waals surface area contributed by atoms with Crippen LogP contribution in [0.4, 0.5) is 0 Å². The maximum atomic E-state index is 5.45. The van der Waals surface area contributed by atoms with E-state index < -0.39 is 0 Å². The first-order valence-corrected chi connectivity index (χ1v) is 6.87. The second kappa shape index (κ2) is 5.56. The molecule has 1 heterocycles. The summed E-state index contributed by atoms with van der Waals surface area (Å²) in [6, 6.07) is 2.81. The van der Waals surface area contributed by atoms with Crippen molar-refractivity contribution in [2.24, 2.45) is 5.73 Å². The number of nitrogens with two attached hydrogens (primary N) is 1. The molecule has 15 heavy (non-hydrogen) atoms. The van der Waals surface area contributed by atoms with Crippen LogP contribution >= 0.6 is 11.8 Å². The molecule has 1 saturated carbocycles. The maximum absolute atomic E-state index is 5.45. The second-order valence-corrected chi connectivity index (χ2v) is 5.17. The van der Waals surface area contributed by atoms with E-state index in [4.69, 9.17) is 5.73 Å². The lowest BCUT2D eigenvalue weighted by molar-refractivity contribution is 0.464. The van der Waals surface area contributed by atoms with Crippen molar-refractivity contribution in [1.82, 2.24) is 9.78 Å². The average Bonchev–Trinajstić information content (AvgIpc) is 2.87. The Morgan fingerprint density at radius 2 is 2.27 bits per heavy atom. The molecule has 4 heteroatoms. The molecular formula is C11H19N3S. The molecule has 0 atom stereocenters. The fraction of sp³-hybridized carbons (Fsp3) is 0.727. The van der Waals surface area contributed by atoms with Gasteiger partial charge in [0, 0.05) is 24.2 Å². The van der Waals surface area contributed by atoms with E-state index >= 15 is 0 Å². The zero-order valence-corrected chi connectivity index (χ0v) is 9.88. The number of rotatable bonds is 5. The summed E-state index contributed by atoms with van der Waals surface area (Å²) in [6.07, 6.45) is 7.46. The highest BCUT2D eigenvalue weighted by Gasteiger charge is 2.17. The SMILES string of the molecule is NCCSCc1ccn(C2CCCC2)n1. The van der Waals surface area contributed by atoms with Gasteiger partial charge in [-0.3, -0.25) is 4.68 Å². The topological polar surface area (TPSA) is 43.8 Å². The van der Waals surface area contributed by atoms with Crippen molar-refractivity contribution >= 4 is 11.8 Å². The summed E-state index contributed by atoms with van der Waals surface area (Å²) < 4.78 is 2.16. The molecule has 3 nitrogen and oxygen atoms in total. The molecular weight excluding hydrogens is 206 g/mol. The van der Waals surface area contributed by atoms with Gasteiger partial charge < -0.3 is 5.73 Å². The van der Waals surface area contributed by atoms with E-state index in [2.05, 4.69) is 22.0 Å². The van der Waals surface area contributed by atoms with Crippen LogP contribution < -0.4 is 5.73 Å². The van der Waals surface area contributed by atoms with Crippen LogP contribution in [0.25, 0.3) is 0 Å². The van der Waals surface area contributed by atoms with E-state index in [-0.39, 0.29) is 0 Å². The third kappa shape index (κ3) is 2.98. The highest BCUT2D eigenvalue weighted by Crippen LogP contribution is 2.28. The molecule has 0 saturated heterocycles. The van der Waals surface area contributed by atoms with E-state index in [1.54, 1.807) is 0 Å². The van der Waals surface area contributed by atoms with Crippen LogP contribution in [0.2, 0.25) is 0 Å². The maximum Gasteiger partial charge on any atom is 0.0723 e. The van der Waals surface area contributed by atoms with Crippen molar-refractivity contribution < 1.29 is 0 Å². The van der Waals surface area contributed by atoms with Gasteiger partial charge in [-0.05, 0) is 18.9 Å². The molecule has 0 amide bonds. The summed E-state index contributed by atoms with van der Waals surface area (Å²) in [4.78, 5) is 0. The van der Waals surface area contributed by atoms with Crippen LogP contribution in [0, 0.1) is 0 Å². The van der Waals surface area contributed by atoms with E-state index in [1.165, 1.54) is 31.4 Å². The lowest BCUT2D eigenvalue weighted by Gasteiger charge is -2.08. The van der Waals surface area contributed by atoms with Gasteiger partial charge in [0.1, 0.15) is 0 Å². The van der Waals surface area contributed by atoms with Gasteiger partial charge in [-0.2, -0.15) is 16.9 Å². The summed E-state index contributed by atoms with van der Waals surface area (Å²) in [7, 11) is 0. The Labute approximate surface area is 95.4 Å². The van der Waals surface area contributed by atoms with Gasteiger partial charge in [0.2, 0.25) is 0 Å². The minimum absolute atomic E-state index is 0.665. The number of aromatic nitrogens is 2. The fourth-order valence-electron chi connectivity index (χ4n) is 2.09. The van der Waals surface area contributed by atoms with Crippen LogP contribution in [0.1, 0.15) is 37.4 Å². The molecule has 0 unspecified atom stereocenters. The predicted octanol–water partition coefficient (Wildman–Crippen LogP) is 2.19. The largest absolute Gasteiger partial charge is 0.330 e. The Morgan fingerprint density at radius 1 is 1.47 bits per heavy atom. The number of hydrogen-bond acceptors (Lipinski definition) is 3. The summed E-state index contributed by atoms with van der Waals surface area (Å²) in [5.74, 6) is 2.02. The van der Waals surface area contributed by atoms with Gasteiger partial charge in [0.25, 0.3) is 0 Å². The van der Waals surface area contributed by atoms with E-state index in [0.717, 1.165) is 18.1 Å². The van der Waals surface area contributed by atoms with Crippen molar-refractivity contribution in [2.75, 3.05) is 12.3 Å². The molecule has 2 N–H and O–H groups in total. The smallest absolute Gasteiger partial charge is 0.0723 e. The van der Waals surface area contributed by atoms with E-state index in [0.29, 0.717) is 6.04 Å². The van der Waals surface area contributed by atoms with Crippen molar-refractivity contribution in [2.45, 2.75) is 37.5 Å². The average molecular weight is 225 g/mol. The first kappa shape index (κ1) is 11.0. The van der Waals surface area contributed by atoms with Crippen molar-refractivity contribution in [1.29, 1.82) is 0 Å². The molecule has 1 fully saturated rings. The standard InChI is InChI=1S/C11H19N3S/c12-6-8-15-9-10-5-7-14(13-10)11-3-1-2-4-11/h5,7,11H,1-4,6,8-9,12H2. The van der Waals surface area contributed by atoms with Crippen molar-refractivity contribution in [3.8, 4) is 0 Å². The first-order chi connectivity index (χ1) is 7.40. The molecule has 0 bridgehead atoms. The molecule has 0 aromatic carbocycles. The Morgan fingerprint density at radius 3 is 3.00 bits per heavy atom. The molecule has 0 radical (unpaired) electrons. The molecule has 1 aromatic heterocycles. The van der Waals surface area contributed by atoms with Gasteiger partial charge in [0.15, 0.2) is 0 Å². The Balaban J connectivity index is 1.86. The Kier molecular flexibility index (Phi) is 4.09. The van der Waals surface area contributed by atoms with Crippen molar-refractivity contribution in [3.05, 3.63) is 18.0 Å². The zero-order valence-electron chi connectivity index (χ0n) is 9.06. The predicted molar refractivity (Wildman–Crippen MR) is 64.9 cm³/mol. The quantitative estimate of drug-likeness (QED) is 0.781. The zero-order chi connectivity index (χ0) is 10.5. The van der Waals surface area contributed by atoms with Gasteiger partial charge >= 0.3 is 0 Å². The molecule has 2 rings (SSSR count). The summed E-state index contributed by atoms with van der Waals surface area (Å²) in [6.45, 7) is 0.758. The highest BCUT2D eigenvalue weighted by atomic mass is 32.2. The van der Waals surface area contributed by atoms with Gasteiger partial charge in [-0.1, -0.05) is 12.8 Å². The fourth-order valence-corrected chi connectivity index (χ4v) is 2.76. The normalized spacial score (nSPS) is 17.4. The van der Waals surface area contributed by atoms with Gasteiger partial charge in [-0.15, -0.1) is 0 Å². The Bertz CT molecular complexity index is 292. The number of thioether (sulfide) groups is 1.